The smallest absolute Gasteiger partial charge is 0.141 e. The van der Waals surface area contributed by atoms with Gasteiger partial charge in [-0.1, -0.05) is 0 Å². The highest BCUT2D eigenvalue weighted by Gasteiger charge is 2.15. The number of pyridine rings is 1. The Morgan fingerprint density at radius 3 is 3.12 bits per heavy atom. The number of rotatable bonds is 2. The molecule has 1 aliphatic rings. The maximum absolute atomic E-state index is 9.75. The highest BCUT2D eigenvalue weighted by atomic mass is 16.3. The fourth-order valence-corrected chi connectivity index (χ4v) is 2.28. The first kappa shape index (κ1) is 10.4. The Kier molecular flexibility index (Phi) is 2.57. The fraction of sp³-hybridized carbons (Fsp3) is 0.308. The van der Waals surface area contributed by atoms with Crippen molar-refractivity contribution in [2.24, 2.45) is 0 Å². The molecule has 1 aromatic heterocycles. The number of nitrogens with one attached hydrogen (secondary N) is 2. The van der Waals surface area contributed by atoms with Crippen LogP contribution in [0.3, 0.4) is 0 Å². The van der Waals surface area contributed by atoms with E-state index < -0.39 is 0 Å². The third-order valence-corrected chi connectivity index (χ3v) is 3.17. The van der Waals surface area contributed by atoms with Crippen molar-refractivity contribution in [2.45, 2.75) is 12.5 Å². The van der Waals surface area contributed by atoms with Gasteiger partial charge < -0.3 is 15.7 Å². The van der Waals surface area contributed by atoms with Gasteiger partial charge in [0.05, 0.1) is 0 Å². The van der Waals surface area contributed by atoms with Gasteiger partial charge in [-0.15, -0.1) is 0 Å². The molecule has 0 bridgehead atoms. The molecule has 3 rings (SSSR count). The summed E-state index contributed by atoms with van der Waals surface area (Å²) in [7, 11) is 0. The van der Waals surface area contributed by atoms with Gasteiger partial charge >= 0.3 is 0 Å². The number of aromatic nitrogens is 1. The molecule has 17 heavy (non-hydrogen) atoms. The van der Waals surface area contributed by atoms with E-state index in [9.17, 15) is 5.11 Å². The lowest BCUT2D eigenvalue weighted by molar-refractivity contribution is 0.480. The van der Waals surface area contributed by atoms with E-state index in [4.69, 9.17) is 0 Å². The van der Waals surface area contributed by atoms with E-state index in [-0.39, 0.29) is 5.75 Å². The highest BCUT2D eigenvalue weighted by Crippen LogP contribution is 2.29. The summed E-state index contributed by atoms with van der Waals surface area (Å²) in [6.07, 6.45) is 2.82. The van der Waals surface area contributed by atoms with Gasteiger partial charge in [-0.2, -0.15) is 0 Å². The predicted octanol–water partition coefficient (Wildman–Crippen LogP) is 1.71. The Bertz CT molecular complexity index is 535. The maximum Gasteiger partial charge on any atom is 0.141 e. The fourth-order valence-electron chi connectivity index (χ4n) is 2.28. The lowest BCUT2D eigenvalue weighted by Gasteiger charge is -2.15. The number of benzene rings is 1. The number of anilines is 1. The number of phenolic OH excluding ortho intramolecular Hbond substituents is 1. The van der Waals surface area contributed by atoms with Crippen molar-refractivity contribution in [1.82, 2.24) is 10.3 Å². The summed E-state index contributed by atoms with van der Waals surface area (Å²) < 4.78 is 0. The molecule has 0 saturated carbocycles. The van der Waals surface area contributed by atoms with Crippen molar-refractivity contribution in [3.05, 3.63) is 30.5 Å². The summed E-state index contributed by atoms with van der Waals surface area (Å²) in [5, 5.41) is 17.5. The number of aromatic hydroxyl groups is 1. The molecule has 1 aliphatic heterocycles. The molecular weight excluding hydrogens is 214 g/mol. The average Bonchev–Trinajstić information content (AvgIpc) is 2.86. The number of hydrogen-bond acceptors (Lipinski definition) is 4. The van der Waals surface area contributed by atoms with Gasteiger partial charge in [-0.3, -0.25) is 4.98 Å². The van der Waals surface area contributed by atoms with Crippen LogP contribution in [0.5, 0.6) is 5.75 Å². The Labute approximate surface area is 99.7 Å². The summed E-state index contributed by atoms with van der Waals surface area (Å²) >= 11 is 0. The summed E-state index contributed by atoms with van der Waals surface area (Å²) in [6.45, 7) is 2.05. The van der Waals surface area contributed by atoms with Gasteiger partial charge in [0.15, 0.2) is 0 Å². The van der Waals surface area contributed by atoms with Crippen molar-refractivity contribution in [3.8, 4) is 5.75 Å². The van der Waals surface area contributed by atoms with Crippen molar-refractivity contribution >= 4 is 16.6 Å². The molecule has 4 nitrogen and oxygen atoms in total. The Hall–Kier alpha value is -1.81. The molecule has 2 heterocycles. The van der Waals surface area contributed by atoms with Crippen LogP contribution in [0.2, 0.25) is 0 Å². The van der Waals surface area contributed by atoms with Crippen LogP contribution in [0.1, 0.15) is 6.42 Å². The first-order chi connectivity index (χ1) is 8.34. The first-order valence-electron chi connectivity index (χ1n) is 5.88. The second kappa shape index (κ2) is 4.22. The molecule has 88 valence electrons. The van der Waals surface area contributed by atoms with Crippen LogP contribution in [-0.2, 0) is 0 Å². The van der Waals surface area contributed by atoms with Crippen LogP contribution >= 0.6 is 0 Å². The van der Waals surface area contributed by atoms with Crippen LogP contribution in [0.15, 0.2) is 30.5 Å². The molecule has 0 amide bonds. The molecule has 4 heteroatoms. The van der Waals surface area contributed by atoms with Gasteiger partial charge in [0.25, 0.3) is 0 Å². The number of phenols is 1. The Morgan fingerprint density at radius 1 is 1.35 bits per heavy atom. The maximum atomic E-state index is 9.75. The molecule has 3 N–H and O–H groups in total. The number of hydrogen-bond donors (Lipinski definition) is 3. The molecule has 1 atom stereocenters. The van der Waals surface area contributed by atoms with E-state index in [1.165, 1.54) is 0 Å². The zero-order valence-corrected chi connectivity index (χ0v) is 9.48. The van der Waals surface area contributed by atoms with Crippen LogP contribution < -0.4 is 10.6 Å². The molecular formula is C13H15N3O. The van der Waals surface area contributed by atoms with Gasteiger partial charge in [0.2, 0.25) is 0 Å². The molecule has 0 radical (unpaired) electrons. The SMILES string of the molecule is Oc1ccc(N[C@H]2CCNC2)c2cccnc12. The van der Waals surface area contributed by atoms with Gasteiger partial charge in [0, 0.05) is 29.9 Å². The zero-order chi connectivity index (χ0) is 11.7. The monoisotopic (exact) mass is 229 g/mol. The summed E-state index contributed by atoms with van der Waals surface area (Å²) in [5.41, 5.74) is 1.70. The second-order valence-electron chi connectivity index (χ2n) is 4.37. The normalized spacial score (nSPS) is 19.6. The summed E-state index contributed by atoms with van der Waals surface area (Å²) in [6, 6.07) is 7.94. The molecule has 0 spiro atoms. The molecule has 2 aromatic rings. The average molecular weight is 229 g/mol. The Morgan fingerprint density at radius 2 is 2.29 bits per heavy atom. The largest absolute Gasteiger partial charge is 0.506 e. The molecule has 0 aliphatic carbocycles. The second-order valence-corrected chi connectivity index (χ2v) is 4.37. The predicted molar refractivity (Wildman–Crippen MR) is 68.3 cm³/mol. The molecule has 0 unspecified atom stereocenters. The molecule has 1 saturated heterocycles. The molecule has 1 aromatic carbocycles. The lowest BCUT2D eigenvalue weighted by Crippen LogP contribution is -2.22. The number of fused-ring (bicyclic) bond motifs is 1. The standard InChI is InChI=1S/C13H15N3O/c17-12-4-3-11(16-9-5-7-14-8-9)10-2-1-6-15-13(10)12/h1-4,6,9,14,16-17H,5,7-8H2/t9-/m0/s1. The van der Waals surface area contributed by atoms with Crippen molar-refractivity contribution < 1.29 is 5.11 Å². The van der Waals surface area contributed by atoms with E-state index in [1.807, 2.05) is 18.2 Å². The van der Waals surface area contributed by atoms with Crippen molar-refractivity contribution in [2.75, 3.05) is 18.4 Å². The van der Waals surface area contributed by atoms with Crippen LogP contribution in [0, 0.1) is 0 Å². The van der Waals surface area contributed by atoms with Crippen molar-refractivity contribution in [3.63, 3.8) is 0 Å². The van der Waals surface area contributed by atoms with E-state index in [0.29, 0.717) is 11.6 Å². The van der Waals surface area contributed by atoms with Crippen LogP contribution in [0.4, 0.5) is 5.69 Å². The van der Waals surface area contributed by atoms with E-state index in [0.717, 1.165) is 30.6 Å². The Balaban J connectivity index is 2.01. The highest BCUT2D eigenvalue weighted by molar-refractivity contribution is 5.95. The van der Waals surface area contributed by atoms with Crippen LogP contribution in [-0.4, -0.2) is 29.2 Å². The minimum absolute atomic E-state index is 0.232. The zero-order valence-electron chi connectivity index (χ0n) is 9.48. The third kappa shape index (κ3) is 1.91. The summed E-state index contributed by atoms with van der Waals surface area (Å²) in [5.74, 6) is 0.232. The van der Waals surface area contributed by atoms with E-state index >= 15 is 0 Å². The van der Waals surface area contributed by atoms with Gasteiger partial charge in [-0.25, -0.2) is 0 Å². The van der Waals surface area contributed by atoms with Gasteiger partial charge in [-0.05, 0) is 37.2 Å². The molecule has 1 fully saturated rings. The lowest BCUT2D eigenvalue weighted by atomic mass is 10.1. The minimum Gasteiger partial charge on any atom is -0.506 e. The minimum atomic E-state index is 0.232. The quantitative estimate of drug-likeness (QED) is 0.686. The van der Waals surface area contributed by atoms with E-state index in [1.54, 1.807) is 12.3 Å². The summed E-state index contributed by atoms with van der Waals surface area (Å²) in [4.78, 5) is 4.21. The topological polar surface area (TPSA) is 57.2 Å². The third-order valence-electron chi connectivity index (χ3n) is 3.17. The van der Waals surface area contributed by atoms with Gasteiger partial charge in [0.1, 0.15) is 11.3 Å². The first-order valence-corrected chi connectivity index (χ1v) is 5.88. The van der Waals surface area contributed by atoms with Crippen LogP contribution in [0.25, 0.3) is 10.9 Å². The van der Waals surface area contributed by atoms with Crippen molar-refractivity contribution in [1.29, 1.82) is 0 Å². The van der Waals surface area contributed by atoms with E-state index in [2.05, 4.69) is 15.6 Å². The number of nitrogens with zero attached hydrogens (tertiary/aromatic N) is 1.